The number of aromatic nitrogens is 3. The van der Waals surface area contributed by atoms with Crippen LogP contribution < -0.4 is 5.56 Å². The lowest BCUT2D eigenvalue weighted by atomic mass is 10.1. The number of hydrogen-bond acceptors (Lipinski definition) is 6. The van der Waals surface area contributed by atoms with E-state index < -0.39 is 5.97 Å². The molecule has 0 aliphatic heterocycles. The second kappa shape index (κ2) is 7.29. The number of ketones is 1. The zero-order valence-corrected chi connectivity index (χ0v) is 17.1. The molecule has 3 aromatic heterocycles. The number of para-hydroxylation sites is 1. The number of benzene rings is 1. The average Bonchev–Trinajstić information content (AvgIpc) is 3.21. The predicted molar refractivity (Wildman–Crippen MR) is 112 cm³/mol. The molecule has 0 amide bonds. The van der Waals surface area contributed by atoms with Crippen molar-refractivity contribution in [1.82, 2.24) is 14.5 Å². The fourth-order valence-corrected chi connectivity index (χ4v) is 4.57. The number of thiophene rings is 1. The van der Waals surface area contributed by atoms with Crippen molar-refractivity contribution in [2.45, 2.75) is 27.3 Å². The Balaban J connectivity index is 1.75. The Morgan fingerprint density at radius 2 is 2.00 bits per heavy atom. The molecular formula is C21H19N3O4S. The standard InChI is InChI=1S/C21H19N3O4S/c1-4-28-21(27)18-11(2)16-19(29-18)22-10-24(20(16)26)9-15(25)17-12(3)23-14-8-6-5-7-13(14)17/h5-8,10,23H,4,9H2,1-3H3. The van der Waals surface area contributed by atoms with Gasteiger partial charge in [0.25, 0.3) is 5.56 Å². The van der Waals surface area contributed by atoms with Gasteiger partial charge in [0.1, 0.15) is 9.71 Å². The summed E-state index contributed by atoms with van der Waals surface area (Å²) in [5.74, 6) is -0.647. The van der Waals surface area contributed by atoms with Crippen molar-refractivity contribution in [3.63, 3.8) is 0 Å². The second-order valence-corrected chi connectivity index (χ2v) is 7.73. The molecule has 29 heavy (non-hydrogen) atoms. The minimum Gasteiger partial charge on any atom is -0.462 e. The average molecular weight is 409 g/mol. The van der Waals surface area contributed by atoms with E-state index in [-0.39, 0.29) is 24.5 Å². The number of carbonyl (C=O) groups is 2. The van der Waals surface area contributed by atoms with Gasteiger partial charge in [0.2, 0.25) is 0 Å². The van der Waals surface area contributed by atoms with Crippen LogP contribution in [0.25, 0.3) is 21.1 Å². The monoisotopic (exact) mass is 409 g/mol. The molecule has 1 aromatic carbocycles. The van der Waals surface area contributed by atoms with Gasteiger partial charge in [0, 0.05) is 22.2 Å². The highest BCUT2D eigenvalue weighted by Gasteiger charge is 2.22. The summed E-state index contributed by atoms with van der Waals surface area (Å²) >= 11 is 1.13. The van der Waals surface area contributed by atoms with E-state index in [1.165, 1.54) is 10.9 Å². The van der Waals surface area contributed by atoms with Crippen LogP contribution in [0.15, 0.2) is 35.4 Å². The highest BCUT2D eigenvalue weighted by molar-refractivity contribution is 7.20. The van der Waals surface area contributed by atoms with Gasteiger partial charge < -0.3 is 9.72 Å². The molecule has 4 rings (SSSR count). The third-order valence-corrected chi connectivity index (χ3v) is 6.04. The van der Waals surface area contributed by atoms with Gasteiger partial charge in [-0.2, -0.15) is 0 Å². The van der Waals surface area contributed by atoms with Gasteiger partial charge in [-0.3, -0.25) is 14.2 Å². The van der Waals surface area contributed by atoms with Gasteiger partial charge in [-0.1, -0.05) is 18.2 Å². The lowest BCUT2D eigenvalue weighted by molar-refractivity contribution is 0.0531. The molecule has 0 saturated heterocycles. The summed E-state index contributed by atoms with van der Waals surface area (Å²) in [7, 11) is 0. The molecule has 0 spiro atoms. The summed E-state index contributed by atoms with van der Waals surface area (Å²) in [5.41, 5.74) is 2.40. The Hall–Kier alpha value is -3.26. The molecule has 0 radical (unpaired) electrons. The van der Waals surface area contributed by atoms with Crippen LogP contribution in [0.5, 0.6) is 0 Å². The molecule has 3 heterocycles. The van der Waals surface area contributed by atoms with Crippen molar-refractivity contribution in [1.29, 1.82) is 0 Å². The molecule has 0 fully saturated rings. The molecule has 148 valence electrons. The van der Waals surface area contributed by atoms with E-state index in [4.69, 9.17) is 4.74 Å². The van der Waals surface area contributed by atoms with E-state index in [2.05, 4.69) is 9.97 Å². The SMILES string of the molecule is CCOC(=O)c1sc2ncn(CC(=O)c3c(C)[nH]c4ccccc34)c(=O)c2c1C. The van der Waals surface area contributed by atoms with E-state index in [1.54, 1.807) is 13.8 Å². The number of nitrogens with zero attached hydrogens (tertiary/aromatic N) is 2. The Labute approximate surface area is 170 Å². The number of aromatic amines is 1. The van der Waals surface area contributed by atoms with Crippen LogP contribution in [0.4, 0.5) is 0 Å². The second-order valence-electron chi connectivity index (χ2n) is 6.73. The van der Waals surface area contributed by atoms with Crippen molar-refractivity contribution in [3.8, 4) is 0 Å². The van der Waals surface area contributed by atoms with Gasteiger partial charge in [0.15, 0.2) is 5.78 Å². The molecule has 0 aliphatic carbocycles. The minimum atomic E-state index is -0.468. The number of rotatable bonds is 5. The molecule has 1 N–H and O–H groups in total. The molecule has 0 unspecified atom stereocenters. The van der Waals surface area contributed by atoms with Crippen LogP contribution in [0.1, 0.15) is 38.2 Å². The Bertz CT molecular complexity index is 1330. The highest BCUT2D eigenvalue weighted by Crippen LogP contribution is 2.28. The van der Waals surface area contributed by atoms with Crippen molar-refractivity contribution >= 4 is 44.2 Å². The van der Waals surface area contributed by atoms with Crippen molar-refractivity contribution < 1.29 is 14.3 Å². The van der Waals surface area contributed by atoms with E-state index in [0.29, 0.717) is 26.2 Å². The number of fused-ring (bicyclic) bond motifs is 2. The van der Waals surface area contributed by atoms with Gasteiger partial charge in [-0.05, 0) is 32.4 Å². The molecule has 0 aliphatic rings. The maximum absolute atomic E-state index is 13.0. The number of nitrogens with one attached hydrogen (secondary N) is 1. The maximum Gasteiger partial charge on any atom is 0.348 e. The number of Topliss-reactive ketones (excluding diaryl/α,β-unsaturated/α-hetero) is 1. The van der Waals surface area contributed by atoms with E-state index >= 15 is 0 Å². The minimum absolute atomic E-state index is 0.130. The molecule has 4 aromatic rings. The number of aryl methyl sites for hydroxylation is 2. The number of H-pyrrole nitrogens is 1. The van der Waals surface area contributed by atoms with Gasteiger partial charge in [-0.15, -0.1) is 11.3 Å². The van der Waals surface area contributed by atoms with Gasteiger partial charge in [0.05, 0.1) is 24.9 Å². The first-order chi connectivity index (χ1) is 13.9. The smallest absolute Gasteiger partial charge is 0.348 e. The van der Waals surface area contributed by atoms with Crippen molar-refractivity contribution in [2.75, 3.05) is 6.61 Å². The zero-order chi connectivity index (χ0) is 20.7. The van der Waals surface area contributed by atoms with E-state index in [9.17, 15) is 14.4 Å². The fourth-order valence-electron chi connectivity index (χ4n) is 3.53. The summed E-state index contributed by atoms with van der Waals surface area (Å²) in [6, 6.07) is 7.56. The topological polar surface area (TPSA) is 94.0 Å². The first kappa shape index (κ1) is 19.1. The van der Waals surface area contributed by atoms with Crippen molar-refractivity contribution in [3.05, 3.63) is 62.6 Å². The summed E-state index contributed by atoms with van der Waals surface area (Å²) in [6.45, 7) is 5.39. The number of ether oxygens (including phenoxy) is 1. The van der Waals surface area contributed by atoms with Gasteiger partial charge in [-0.25, -0.2) is 9.78 Å². The summed E-state index contributed by atoms with van der Waals surface area (Å²) in [6.07, 6.45) is 1.36. The molecule has 0 bridgehead atoms. The van der Waals surface area contributed by atoms with Crippen molar-refractivity contribution in [2.24, 2.45) is 0 Å². The summed E-state index contributed by atoms with van der Waals surface area (Å²) in [4.78, 5) is 46.5. The summed E-state index contributed by atoms with van der Waals surface area (Å²) < 4.78 is 6.35. The van der Waals surface area contributed by atoms with E-state index in [1.807, 2.05) is 31.2 Å². The lowest BCUT2D eigenvalue weighted by Crippen LogP contribution is -2.25. The normalized spacial score (nSPS) is 11.3. The van der Waals surface area contributed by atoms with Crippen LogP contribution in [0.2, 0.25) is 0 Å². The number of hydrogen-bond donors (Lipinski definition) is 1. The van der Waals surface area contributed by atoms with Crippen LogP contribution in [-0.4, -0.2) is 32.9 Å². The lowest BCUT2D eigenvalue weighted by Gasteiger charge is -2.05. The van der Waals surface area contributed by atoms with Crippen LogP contribution in [0.3, 0.4) is 0 Å². The third kappa shape index (κ3) is 3.15. The highest BCUT2D eigenvalue weighted by atomic mass is 32.1. The third-order valence-electron chi connectivity index (χ3n) is 4.86. The van der Waals surface area contributed by atoms with Gasteiger partial charge >= 0.3 is 5.97 Å². The van der Waals surface area contributed by atoms with E-state index in [0.717, 1.165) is 27.9 Å². The fraction of sp³-hybridized carbons (Fsp3) is 0.238. The predicted octanol–water partition coefficient (Wildman–Crippen LogP) is 3.62. The number of esters is 1. The molecule has 0 atom stereocenters. The Morgan fingerprint density at radius 1 is 1.24 bits per heavy atom. The van der Waals surface area contributed by atoms with Crippen LogP contribution in [0, 0.1) is 13.8 Å². The zero-order valence-electron chi connectivity index (χ0n) is 16.2. The maximum atomic E-state index is 13.0. The summed E-state index contributed by atoms with van der Waals surface area (Å²) in [5, 5.41) is 1.18. The Morgan fingerprint density at radius 3 is 2.76 bits per heavy atom. The van der Waals surface area contributed by atoms with Crippen LogP contribution >= 0.6 is 11.3 Å². The quantitative estimate of drug-likeness (QED) is 0.401. The molecule has 7 nitrogen and oxygen atoms in total. The molecule has 0 saturated carbocycles. The molecular weight excluding hydrogens is 390 g/mol. The van der Waals surface area contributed by atoms with Crippen LogP contribution in [-0.2, 0) is 11.3 Å². The first-order valence-corrected chi connectivity index (χ1v) is 10.00. The Kier molecular flexibility index (Phi) is 4.79. The first-order valence-electron chi connectivity index (χ1n) is 9.18. The largest absolute Gasteiger partial charge is 0.462 e. The number of carbonyl (C=O) groups excluding carboxylic acids is 2. The molecule has 8 heteroatoms.